The number of benzene rings is 1. The van der Waals surface area contributed by atoms with Gasteiger partial charge in [-0.15, -0.1) is 0 Å². The van der Waals surface area contributed by atoms with Crippen LogP contribution < -0.4 is 10.7 Å². The third-order valence-corrected chi connectivity index (χ3v) is 4.33. The van der Waals surface area contributed by atoms with Gasteiger partial charge in [-0.05, 0) is 36.7 Å². The van der Waals surface area contributed by atoms with E-state index in [1.165, 1.54) is 5.01 Å². The molecule has 1 aliphatic heterocycles. The molecule has 1 heterocycles. The Morgan fingerprint density at radius 1 is 1.13 bits per heavy atom. The van der Waals surface area contributed by atoms with Gasteiger partial charge in [-0.25, -0.2) is 14.6 Å². The highest BCUT2D eigenvalue weighted by Gasteiger charge is 2.32. The second kappa shape index (κ2) is 12.4. The molecule has 14 heteroatoms. The van der Waals surface area contributed by atoms with E-state index in [1.54, 1.807) is 18.2 Å². The first kappa shape index (κ1) is 27.4. The summed E-state index contributed by atoms with van der Waals surface area (Å²) in [6.07, 6.45) is -8.01. The maximum atomic E-state index is 12.7. The Balaban J connectivity index is 0.000000407. The van der Waals surface area contributed by atoms with Crippen LogP contribution in [0.15, 0.2) is 18.2 Å². The number of carbonyl (C=O) groups is 2. The quantitative estimate of drug-likeness (QED) is 0.294. The summed E-state index contributed by atoms with van der Waals surface area (Å²) in [5.41, 5.74) is 3.56. The van der Waals surface area contributed by atoms with Crippen LogP contribution in [0.4, 0.5) is 13.2 Å². The number of nitrogens with zero attached hydrogens (tertiary/aromatic N) is 1. The normalized spacial score (nSPS) is 18.3. The maximum absolute atomic E-state index is 12.7. The third kappa shape index (κ3) is 11.0. The van der Waals surface area contributed by atoms with E-state index in [2.05, 4.69) is 10.7 Å². The second-order valence-electron chi connectivity index (χ2n) is 6.63. The first-order chi connectivity index (χ1) is 14.3. The number of halogens is 5. The van der Waals surface area contributed by atoms with Crippen molar-refractivity contribution in [2.45, 2.75) is 37.4 Å². The van der Waals surface area contributed by atoms with Crippen molar-refractivity contribution in [2.75, 3.05) is 19.6 Å². The summed E-state index contributed by atoms with van der Waals surface area (Å²) in [4.78, 5) is 19.5. The second-order valence-corrected chi connectivity index (χ2v) is 7.51. The molecule has 0 saturated carbocycles. The zero-order chi connectivity index (χ0) is 23.8. The van der Waals surface area contributed by atoms with E-state index >= 15 is 0 Å². The fourth-order valence-corrected chi connectivity index (χ4v) is 3.15. The van der Waals surface area contributed by atoms with Gasteiger partial charge in [0.1, 0.15) is 6.54 Å². The molecular weight excluding hydrogens is 470 g/mol. The molecule has 0 spiro atoms. The Morgan fingerprint density at radius 2 is 1.65 bits per heavy atom. The van der Waals surface area contributed by atoms with Crippen LogP contribution in [0.1, 0.15) is 12.0 Å². The predicted octanol–water partition coefficient (Wildman–Crippen LogP) is 1.10. The van der Waals surface area contributed by atoms with Crippen LogP contribution in [-0.2, 0) is 16.1 Å². The van der Waals surface area contributed by atoms with Crippen LogP contribution in [0.2, 0.25) is 10.0 Å². The number of aliphatic hydroxyl groups excluding tert-OH is 2. The van der Waals surface area contributed by atoms with E-state index in [-0.39, 0.29) is 12.6 Å². The lowest BCUT2D eigenvalue weighted by Crippen LogP contribution is -2.49. The molecule has 9 nitrogen and oxygen atoms in total. The lowest BCUT2D eigenvalue weighted by molar-refractivity contribution is -0.165. The lowest BCUT2D eigenvalue weighted by atomic mass is 10.2. The molecule has 176 valence electrons. The Hall–Kier alpha value is -1.67. The van der Waals surface area contributed by atoms with Crippen molar-refractivity contribution in [1.82, 2.24) is 15.8 Å². The number of hydrazine groups is 1. The minimum absolute atomic E-state index is 0.00186. The van der Waals surface area contributed by atoms with E-state index in [0.29, 0.717) is 22.2 Å². The van der Waals surface area contributed by atoms with E-state index in [4.69, 9.17) is 43.6 Å². The first-order valence-corrected chi connectivity index (χ1v) is 9.59. The first-order valence-electron chi connectivity index (χ1n) is 8.83. The number of hydrogen-bond donors (Lipinski definition) is 6. The van der Waals surface area contributed by atoms with Gasteiger partial charge in [0.25, 0.3) is 0 Å². The molecule has 0 aromatic heterocycles. The molecule has 1 fully saturated rings. The van der Waals surface area contributed by atoms with Gasteiger partial charge in [0, 0.05) is 29.2 Å². The average Bonchev–Trinajstić information content (AvgIpc) is 3.11. The third-order valence-electron chi connectivity index (χ3n) is 3.90. The average molecular weight is 492 g/mol. The topological polar surface area (TPSA) is 142 Å². The van der Waals surface area contributed by atoms with Gasteiger partial charge in [0.15, 0.2) is 12.2 Å². The molecule has 1 saturated heterocycles. The highest BCUT2D eigenvalue weighted by Crippen LogP contribution is 2.22. The number of carboxylic acids is 2. The predicted molar refractivity (Wildman–Crippen MR) is 105 cm³/mol. The Bertz CT molecular complexity index is 712. The van der Waals surface area contributed by atoms with Crippen molar-refractivity contribution in [2.24, 2.45) is 0 Å². The van der Waals surface area contributed by atoms with Crippen molar-refractivity contribution >= 4 is 35.1 Å². The molecule has 0 amide bonds. The van der Waals surface area contributed by atoms with Gasteiger partial charge in [0.2, 0.25) is 0 Å². The minimum atomic E-state index is -4.28. The van der Waals surface area contributed by atoms with Crippen molar-refractivity contribution in [3.8, 4) is 0 Å². The van der Waals surface area contributed by atoms with Crippen LogP contribution in [0.25, 0.3) is 0 Å². The molecular formula is C17H22Cl2F3N3O6. The van der Waals surface area contributed by atoms with Gasteiger partial charge in [-0.2, -0.15) is 13.2 Å². The lowest BCUT2D eigenvalue weighted by Gasteiger charge is -2.27. The summed E-state index contributed by atoms with van der Waals surface area (Å²) in [6.45, 7) is 0.509. The van der Waals surface area contributed by atoms with Gasteiger partial charge >= 0.3 is 18.1 Å². The molecule has 1 aromatic rings. The Kier molecular flexibility index (Phi) is 10.9. The Labute approximate surface area is 185 Å². The van der Waals surface area contributed by atoms with Crippen LogP contribution >= 0.6 is 23.2 Å². The van der Waals surface area contributed by atoms with Gasteiger partial charge < -0.3 is 25.7 Å². The van der Waals surface area contributed by atoms with Crippen molar-refractivity contribution in [1.29, 1.82) is 0 Å². The molecule has 1 aliphatic rings. The summed E-state index contributed by atoms with van der Waals surface area (Å²) >= 11 is 11.8. The zero-order valence-corrected chi connectivity index (χ0v) is 17.5. The monoisotopic (exact) mass is 491 g/mol. The number of aliphatic carboxylic acids is 2. The van der Waals surface area contributed by atoms with Crippen LogP contribution in [0, 0.1) is 0 Å². The summed E-state index contributed by atoms with van der Waals surface area (Å²) in [7, 11) is 0. The summed E-state index contributed by atoms with van der Waals surface area (Å²) < 4.78 is 38.1. The SMILES string of the molecule is FC(F)(F)CN(Cc1cc(Cl)cc(Cl)c1)N[C@H]1CCNC1.O=C(O)C(O)C(O)C(=O)O. The van der Waals surface area contributed by atoms with Gasteiger partial charge in [0.05, 0.1) is 0 Å². The smallest absolute Gasteiger partial charge is 0.402 e. The van der Waals surface area contributed by atoms with E-state index in [9.17, 15) is 22.8 Å². The molecule has 1 aromatic carbocycles. The standard InChI is InChI=1S/C13H16Cl2F3N3.C4H6O6/c14-10-3-9(4-11(15)5-10)7-21(8-13(16,17)18)20-12-1-2-19-6-12;5-1(3(7)8)2(6)4(9)10/h3-5,12,19-20H,1-2,6-8H2;1-2,5-6H,(H,7,8)(H,9,10)/t12-;/m0./s1. The summed E-state index contributed by atoms with van der Waals surface area (Å²) in [5, 5.41) is 37.6. The number of alkyl halides is 3. The van der Waals surface area contributed by atoms with Crippen LogP contribution in [0.5, 0.6) is 0 Å². The molecule has 3 atom stereocenters. The summed E-state index contributed by atoms with van der Waals surface area (Å²) in [6, 6.07) is 4.79. The fraction of sp³-hybridized carbons (Fsp3) is 0.529. The Morgan fingerprint density at radius 3 is 2.03 bits per heavy atom. The minimum Gasteiger partial charge on any atom is -0.479 e. The molecule has 0 bridgehead atoms. The maximum Gasteiger partial charge on any atom is 0.402 e. The van der Waals surface area contributed by atoms with Crippen molar-refractivity contribution < 1.29 is 43.2 Å². The number of carboxylic acid groups (broad SMARTS) is 2. The molecule has 6 N–H and O–H groups in total. The van der Waals surface area contributed by atoms with Crippen molar-refractivity contribution in [3.05, 3.63) is 33.8 Å². The van der Waals surface area contributed by atoms with E-state index in [0.717, 1.165) is 13.0 Å². The largest absolute Gasteiger partial charge is 0.479 e. The molecule has 2 rings (SSSR count). The summed E-state index contributed by atoms with van der Waals surface area (Å²) in [5.74, 6) is -3.54. The van der Waals surface area contributed by atoms with Gasteiger partial charge in [-0.3, -0.25) is 5.43 Å². The van der Waals surface area contributed by atoms with Crippen molar-refractivity contribution in [3.63, 3.8) is 0 Å². The number of hydrogen-bond acceptors (Lipinski definition) is 7. The molecule has 0 radical (unpaired) electrons. The number of aliphatic hydroxyl groups is 2. The number of rotatable bonds is 8. The highest BCUT2D eigenvalue weighted by atomic mass is 35.5. The molecule has 2 unspecified atom stereocenters. The van der Waals surface area contributed by atoms with Crippen LogP contribution in [-0.4, -0.2) is 81.4 Å². The van der Waals surface area contributed by atoms with Gasteiger partial charge in [-0.1, -0.05) is 23.2 Å². The van der Waals surface area contributed by atoms with Crippen LogP contribution in [0.3, 0.4) is 0 Å². The highest BCUT2D eigenvalue weighted by molar-refractivity contribution is 6.34. The number of nitrogens with one attached hydrogen (secondary N) is 2. The van der Waals surface area contributed by atoms with E-state index in [1.807, 2.05) is 0 Å². The van der Waals surface area contributed by atoms with E-state index < -0.39 is 36.9 Å². The zero-order valence-electron chi connectivity index (χ0n) is 15.9. The molecule has 31 heavy (non-hydrogen) atoms. The fourth-order valence-electron chi connectivity index (χ4n) is 2.58. The molecule has 0 aliphatic carbocycles.